The summed E-state index contributed by atoms with van der Waals surface area (Å²) in [5.41, 5.74) is 10.7. The van der Waals surface area contributed by atoms with Crippen LogP contribution < -0.4 is 11.5 Å². The monoisotopic (exact) mass is 166 g/mol. The maximum Gasteiger partial charge on any atom is 0.245 e. The van der Waals surface area contributed by atoms with Crippen LogP contribution in [0, 0.1) is 0 Å². The highest BCUT2D eigenvalue weighted by Crippen LogP contribution is 2.42. The van der Waals surface area contributed by atoms with Crippen LogP contribution >= 0.6 is 0 Å². The fourth-order valence-electron chi connectivity index (χ4n) is 1.28. The number of hydrogen-bond acceptors (Lipinski definition) is 3. The number of nitrogens with zero attached hydrogens (tertiary/aromatic N) is 2. The van der Waals surface area contributed by atoms with Crippen molar-refractivity contribution in [3.63, 3.8) is 0 Å². The third-order valence-electron chi connectivity index (χ3n) is 2.22. The van der Waals surface area contributed by atoms with Gasteiger partial charge in [0, 0.05) is 6.20 Å². The Morgan fingerprint density at radius 3 is 2.67 bits per heavy atom. The standard InChI is InChI=1S/C7H10N4O/c8-5-3-10-11(4-5)7(1-2-7)6(9)12/h3-4H,1-2,8H2,(H2,9,12). The van der Waals surface area contributed by atoms with Gasteiger partial charge < -0.3 is 11.5 Å². The Morgan fingerprint density at radius 2 is 2.33 bits per heavy atom. The van der Waals surface area contributed by atoms with Crippen LogP contribution in [0.5, 0.6) is 0 Å². The molecule has 1 heterocycles. The molecule has 0 bridgehead atoms. The highest BCUT2D eigenvalue weighted by molar-refractivity contribution is 5.85. The first-order chi connectivity index (χ1) is 5.65. The number of nitrogen functional groups attached to an aromatic ring is 1. The van der Waals surface area contributed by atoms with Crippen LogP contribution in [-0.2, 0) is 10.3 Å². The van der Waals surface area contributed by atoms with E-state index >= 15 is 0 Å². The molecular formula is C7H10N4O. The Balaban J connectivity index is 2.36. The minimum atomic E-state index is -0.572. The van der Waals surface area contributed by atoms with Crippen molar-refractivity contribution in [2.24, 2.45) is 5.73 Å². The minimum absolute atomic E-state index is 0.328. The van der Waals surface area contributed by atoms with E-state index in [0.29, 0.717) is 5.69 Å². The quantitative estimate of drug-likeness (QED) is 0.617. The molecule has 1 saturated carbocycles. The normalized spacial score (nSPS) is 19.0. The molecule has 0 radical (unpaired) electrons. The summed E-state index contributed by atoms with van der Waals surface area (Å²) >= 11 is 0. The molecule has 0 unspecified atom stereocenters. The minimum Gasteiger partial charge on any atom is -0.396 e. The maximum absolute atomic E-state index is 11.0. The number of anilines is 1. The Labute approximate surface area is 69.3 Å². The molecule has 1 amide bonds. The molecule has 0 saturated heterocycles. The molecule has 1 aromatic heterocycles. The summed E-state index contributed by atoms with van der Waals surface area (Å²) < 4.78 is 1.56. The van der Waals surface area contributed by atoms with Gasteiger partial charge in [0.1, 0.15) is 5.54 Å². The summed E-state index contributed by atoms with van der Waals surface area (Å²) in [7, 11) is 0. The van der Waals surface area contributed by atoms with Crippen LogP contribution in [-0.4, -0.2) is 15.7 Å². The van der Waals surface area contributed by atoms with Crippen LogP contribution in [0.4, 0.5) is 5.69 Å². The Bertz CT molecular complexity index is 326. The lowest BCUT2D eigenvalue weighted by Gasteiger charge is -2.10. The molecule has 5 heteroatoms. The van der Waals surface area contributed by atoms with Gasteiger partial charge in [-0.15, -0.1) is 0 Å². The number of aromatic nitrogens is 2. The molecular weight excluding hydrogens is 156 g/mol. The molecule has 1 aromatic rings. The van der Waals surface area contributed by atoms with Crippen molar-refractivity contribution in [3.05, 3.63) is 12.4 Å². The van der Waals surface area contributed by atoms with E-state index in [-0.39, 0.29) is 5.91 Å². The van der Waals surface area contributed by atoms with Crippen LogP contribution in [0.25, 0.3) is 0 Å². The molecule has 0 aromatic carbocycles. The third-order valence-corrected chi connectivity index (χ3v) is 2.22. The van der Waals surface area contributed by atoms with Crippen LogP contribution in [0.3, 0.4) is 0 Å². The van der Waals surface area contributed by atoms with Gasteiger partial charge in [0.25, 0.3) is 0 Å². The van der Waals surface area contributed by atoms with Gasteiger partial charge in [-0.25, -0.2) is 0 Å². The predicted molar refractivity (Wildman–Crippen MR) is 43.0 cm³/mol. The second-order valence-corrected chi connectivity index (χ2v) is 3.11. The van der Waals surface area contributed by atoms with Crippen LogP contribution in [0.2, 0.25) is 0 Å². The predicted octanol–water partition coefficient (Wildman–Crippen LogP) is -0.560. The molecule has 1 aliphatic rings. The third kappa shape index (κ3) is 0.792. The second-order valence-electron chi connectivity index (χ2n) is 3.11. The topological polar surface area (TPSA) is 86.9 Å². The zero-order valence-electron chi connectivity index (χ0n) is 6.53. The van der Waals surface area contributed by atoms with Gasteiger partial charge in [-0.2, -0.15) is 5.10 Å². The molecule has 12 heavy (non-hydrogen) atoms. The summed E-state index contributed by atoms with van der Waals surface area (Å²) in [6.07, 6.45) is 4.69. The van der Waals surface area contributed by atoms with Crippen LogP contribution in [0.15, 0.2) is 12.4 Å². The van der Waals surface area contributed by atoms with Gasteiger partial charge in [-0.05, 0) is 12.8 Å². The summed E-state index contributed by atoms with van der Waals surface area (Å²) in [4.78, 5) is 11.0. The highest BCUT2D eigenvalue weighted by atomic mass is 16.2. The van der Waals surface area contributed by atoms with Gasteiger partial charge in [0.2, 0.25) is 5.91 Å². The molecule has 64 valence electrons. The summed E-state index contributed by atoms with van der Waals surface area (Å²) in [5.74, 6) is -0.328. The van der Waals surface area contributed by atoms with Gasteiger partial charge in [0.15, 0.2) is 0 Å². The Morgan fingerprint density at radius 1 is 1.67 bits per heavy atom. The lowest BCUT2D eigenvalue weighted by molar-refractivity contribution is -0.122. The first kappa shape index (κ1) is 7.15. The smallest absolute Gasteiger partial charge is 0.245 e. The molecule has 1 fully saturated rings. The van der Waals surface area contributed by atoms with E-state index < -0.39 is 5.54 Å². The summed E-state index contributed by atoms with van der Waals surface area (Å²) in [6, 6.07) is 0. The van der Waals surface area contributed by atoms with Gasteiger partial charge in [-0.1, -0.05) is 0 Å². The maximum atomic E-state index is 11.0. The zero-order valence-corrected chi connectivity index (χ0v) is 6.53. The van der Waals surface area contributed by atoms with Crippen molar-refractivity contribution in [1.29, 1.82) is 0 Å². The molecule has 2 rings (SSSR count). The average Bonchev–Trinajstić information content (AvgIpc) is 2.71. The van der Waals surface area contributed by atoms with E-state index in [1.165, 1.54) is 6.20 Å². The number of carbonyl (C=O) groups is 1. The van der Waals surface area contributed by atoms with Crippen molar-refractivity contribution in [1.82, 2.24) is 9.78 Å². The average molecular weight is 166 g/mol. The number of amides is 1. The summed E-state index contributed by atoms with van der Waals surface area (Å²) in [6.45, 7) is 0. The van der Waals surface area contributed by atoms with E-state index in [1.54, 1.807) is 10.9 Å². The van der Waals surface area contributed by atoms with E-state index in [4.69, 9.17) is 11.5 Å². The highest BCUT2D eigenvalue weighted by Gasteiger charge is 2.51. The van der Waals surface area contributed by atoms with Crippen molar-refractivity contribution in [2.75, 3.05) is 5.73 Å². The van der Waals surface area contributed by atoms with Crippen molar-refractivity contribution in [3.8, 4) is 0 Å². The number of rotatable bonds is 2. The molecule has 0 aliphatic heterocycles. The number of primary amides is 1. The van der Waals surface area contributed by atoms with Crippen molar-refractivity contribution >= 4 is 11.6 Å². The first-order valence-electron chi connectivity index (χ1n) is 3.76. The molecule has 5 nitrogen and oxygen atoms in total. The van der Waals surface area contributed by atoms with Gasteiger partial charge in [-0.3, -0.25) is 9.48 Å². The molecule has 1 aliphatic carbocycles. The number of hydrogen-bond donors (Lipinski definition) is 2. The van der Waals surface area contributed by atoms with E-state index in [1.807, 2.05) is 0 Å². The first-order valence-corrected chi connectivity index (χ1v) is 3.76. The Hall–Kier alpha value is -1.52. The lowest BCUT2D eigenvalue weighted by Crippen LogP contribution is -2.34. The number of carbonyl (C=O) groups excluding carboxylic acids is 1. The van der Waals surface area contributed by atoms with Crippen molar-refractivity contribution in [2.45, 2.75) is 18.4 Å². The van der Waals surface area contributed by atoms with Crippen LogP contribution in [0.1, 0.15) is 12.8 Å². The van der Waals surface area contributed by atoms with E-state index in [0.717, 1.165) is 12.8 Å². The van der Waals surface area contributed by atoms with E-state index in [2.05, 4.69) is 5.10 Å². The van der Waals surface area contributed by atoms with E-state index in [9.17, 15) is 4.79 Å². The molecule has 0 spiro atoms. The SMILES string of the molecule is NC(=O)C1(n2cc(N)cn2)CC1. The van der Waals surface area contributed by atoms with Gasteiger partial charge in [0.05, 0.1) is 11.9 Å². The van der Waals surface area contributed by atoms with Crippen molar-refractivity contribution < 1.29 is 4.79 Å². The summed E-state index contributed by atoms with van der Waals surface area (Å²) in [5, 5.41) is 3.96. The molecule has 4 N–H and O–H groups in total. The largest absolute Gasteiger partial charge is 0.396 e. The molecule has 0 atom stereocenters. The lowest BCUT2D eigenvalue weighted by atomic mass is 10.3. The second kappa shape index (κ2) is 2.00. The van der Waals surface area contributed by atoms with Gasteiger partial charge >= 0.3 is 0 Å². The zero-order chi connectivity index (χ0) is 8.77. The fourth-order valence-corrected chi connectivity index (χ4v) is 1.28. The Kier molecular flexibility index (Phi) is 1.19. The number of nitrogens with two attached hydrogens (primary N) is 2. The fraction of sp³-hybridized carbons (Fsp3) is 0.429.